The number of nitrogens with zero attached hydrogens (tertiary/aromatic N) is 3. The van der Waals surface area contributed by atoms with Crippen LogP contribution >= 0.6 is 11.3 Å². The number of hydrogen-bond acceptors (Lipinski definition) is 5. The van der Waals surface area contributed by atoms with E-state index in [1.165, 1.54) is 12.4 Å². The summed E-state index contributed by atoms with van der Waals surface area (Å²) in [6, 6.07) is 8.86. The van der Waals surface area contributed by atoms with Gasteiger partial charge in [-0.2, -0.15) is 10.2 Å². The molecule has 0 aliphatic carbocycles. The number of nitrogens with one attached hydrogen (secondary N) is 3. The first-order valence-corrected chi connectivity index (χ1v) is 8.14. The summed E-state index contributed by atoms with van der Waals surface area (Å²) < 4.78 is 14.0. The lowest BCUT2D eigenvalue weighted by Gasteiger charge is -2.08. The van der Waals surface area contributed by atoms with E-state index in [-0.39, 0.29) is 5.82 Å². The van der Waals surface area contributed by atoms with Crippen molar-refractivity contribution in [1.82, 2.24) is 25.4 Å². The predicted molar refractivity (Wildman–Crippen MR) is 91.0 cm³/mol. The summed E-state index contributed by atoms with van der Waals surface area (Å²) in [4.78, 5) is 5.13. The third-order valence-electron chi connectivity index (χ3n) is 3.60. The molecule has 24 heavy (non-hydrogen) atoms. The number of thiophene rings is 1. The lowest BCUT2D eigenvalue weighted by atomic mass is 10.1. The Morgan fingerprint density at radius 2 is 2.12 bits per heavy atom. The highest BCUT2D eigenvalue weighted by Crippen LogP contribution is 2.27. The van der Waals surface area contributed by atoms with E-state index in [0.29, 0.717) is 17.9 Å². The third kappa shape index (κ3) is 2.79. The molecule has 0 saturated carbocycles. The predicted octanol–water partition coefficient (Wildman–Crippen LogP) is 3.67. The van der Waals surface area contributed by atoms with Crippen LogP contribution in [0.25, 0.3) is 22.0 Å². The maximum atomic E-state index is 14.0. The fraction of sp³-hybridized carbons (Fsp3) is 0.0625. The number of H-pyrrole nitrogens is 2. The minimum atomic E-state index is -0.347. The van der Waals surface area contributed by atoms with Gasteiger partial charge in [0.15, 0.2) is 5.82 Å². The second-order valence-corrected chi connectivity index (χ2v) is 6.08. The first kappa shape index (κ1) is 14.6. The summed E-state index contributed by atoms with van der Waals surface area (Å²) in [5, 5.41) is 18.9. The highest BCUT2D eigenvalue weighted by atomic mass is 32.1. The van der Waals surface area contributed by atoms with E-state index in [9.17, 15) is 4.39 Å². The highest BCUT2D eigenvalue weighted by Gasteiger charge is 2.11. The van der Waals surface area contributed by atoms with Gasteiger partial charge in [-0.3, -0.25) is 10.2 Å². The topological polar surface area (TPSA) is 82.3 Å². The average molecular weight is 340 g/mol. The Morgan fingerprint density at radius 3 is 2.92 bits per heavy atom. The molecule has 0 fully saturated rings. The quantitative estimate of drug-likeness (QED) is 0.518. The third-order valence-corrected chi connectivity index (χ3v) is 4.49. The average Bonchev–Trinajstić information content (AvgIpc) is 3.34. The zero-order chi connectivity index (χ0) is 16.4. The van der Waals surface area contributed by atoms with Crippen molar-refractivity contribution in [1.29, 1.82) is 0 Å². The zero-order valence-corrected chi connectivity index (χ0v) is 13.3. The SMILES string of the molecule is Fc1ccc(NCc2cn[nH]c2-c2cccs2)cc1-c1ncn[nH]1. The van der Waals surface area contributed by atoms with Crippen molar-refractivity contribution in [3.05, 3.63) is 59.6 Å². The molecule has 6 nitrogen and oxygen atoms in total. The van der Waals surface area contributed by atoms with Crippen molar-refractivity contribution in [2.75, 3.05) is 5.32 Å². The molecule has 0 radical (unpaired) electrons. The molecule has 0 amide bonds. The van der Waals surface area contributed by atoms with Gasteiger partial charge in [-0.1, -0.05) is 6.07 Å². The van der Waals surface area contributed by atoms with Crippen molar-refractivity contribution < 1.29 is 4.39 Å². The first-order chi connectivity index (χ1) is 11.8. The van der Waals surface area contributed by atoms with Crippen LogP contribution in [0, 0.1) is 5.82 Å². The summed E-state index contributed by atoms with van der Waals surface area (Å²) in [5.74, 6) is 0.0543. The van der Waals surface area contributed by atoms with Crippen molar-refractivity contribution in [2.45, 2.75) is 6.54 Å². The normalized spacial score (nSPS) is 10.9. The summed E-state index contributed by atoms with van der Waals surface area (Å²) in [6.07, 6.45) is 3.15. The number of anilines is 1. The molecule has 3 heterocycles. The number of benzene rings is 1. The van der Waals surface area contributed by atoms with Gasteiger partial charge in [-0.05, 0) is 29.6 Å². The van der Waals surface area contributed by atoms with Gasteiger partial charge in [-0.25, -0.2) is 9.37 Å². The van der Waals surface area contributed by atoms with Crippen LogP contribution in [0.5, 0.6) is 0 Å². The highest BCUT2D eigenvalue weighted by molar-refractivity contribution is 7.13. The Hall–Kier alpha value is -3.00. The van der Waals surface area contributed by atoms with Gasteiger partial charge in [0.2, 0.25) is 0 Å². The van der Waals surface area contributed by atoms with Crippen molar-refractivity contribution >= 4 is 17.0 Å². The Bertz CT molecular complexity index is 930. The Morgan fingerprint density at radius 1 is 1.17 bits per heavy atom. The fourth-order valence-corrected chi connectivity index (χ4v) is 3.18. The van der Waals surface area contributed by atoms with Crippen LogP contribution in [0.1, 0.15) is 5.56 Å². The van der Waals surface area contributed by atoms with Gasteiger partial charge in [0, 0.05) is 17.8 Å². The monoisotopic (exact) mass is 340 g/mol. The molecule has 0 aliphatic rings. The Labute approximate surface area is 140 Å². The molecule has 4 aromatic rings. The van der Waals surface area contributed by atoms with Crippen molar-refractivity contribution in [3.63, 3.8) is 0 Å². The van der Waals surface area contributed by atoms with E-state index in [1.54, 1.807) is 29.7 Å². The Balaban J connectivity index is 1.55. The first-order valence-electron chi connectivity index (χ1n) is 7.26. The van der Waals surface area contributed by atoms with Gasteiger partial charge in [0.05, 0.1) is 22.3 Å². The van der Waals surface area contributed by atoms with E-state index in [1.807, 2.05) is 17.5 Å². The standard InChI is InChI=1S/C16H13FN6S/c17-13-4-3-11(6-12(13)16-19-9-21-23-16)18-7-10-8-20-22-15(10)14-2-1-5-24-14/h1-6,8-9,18H,7H2,(H,20,22)(H,19,21,23). The van der Waals surface area contributed by atoms with Gasteiger partial charge in [0.25, 0.3) is 0 Å². The lowest BCUT2D eigenvalue weighted by Crippen LogP contribution is -2.00. The number of hydrogen-bond donors (Lipinski definition) is 3. The molecule has 0 unspecified atom stereocenters. The minimum Gasteiger partial charge on any atom is -0.381 e. The molecule has 1 aromatic carbocycles. The smallest absolute Gasteiger partial charge is 0.158 e. The summed E-state index contributed by atoms with van der Waals surface area (Å²) in [7, 11) is 0. The molecule has 0 spiro atoms. The van der Waals surface area contributed by atoms with Crippen LogP contribution in [0.4, 0.5) is 10.1 Å². The number of aromatic nitrogens is 5. The molecule has 0 bridgehead atoms. The molecule has 4 rings (SSSR count). The summed E-state index contributed by atoms with van der Waals surface area (Å²) in [6.45, 7) is 0.575. The number of halogens is 1. The molecule has 120 valence electrons. The van der Waals surface area contributed by atoms with Crippen molar-refractivity contribution in [2.24, 2.45) is 0 Å². The molecule has 3 aromatic heterocycles. The largest absolute Gasteiger partial charge is 0.381 e. The van der Waals surface area contributed by atoms with E-state index in [0.717, 1.165) is 21.8 Å². The molecule has 3 N–H and O–H groups in total. The van der Waals surface area contributed by atoms with Gasteiger partial charge >= 0.3 is 0 Å². The van der Waals surface area contributed by atoms with Crippen LogP contribution in [-0.2, 0) is 6.54 Å². The van der Waals surface area contributed by atoms with E-state index in [4.69, 9.17) is 0 Å². The maximum Gasteiger partial charge on any atom is 0.158 e. The van der Waals surface area contributed by atoms with Crippen LogP contribution < -0.4 is 5.32 Å². The Kier molecular flexibility index (Phi) is 3.80. The van der Waals surface area contributed by atoms with Crippen LogP contribution in [0.3, 0.4) is 0 Å². The molecule has 0 atom stereocenters. The van der Waals surface area contributed by atoms with Gasteiger partial charge < -0.3 is 5.32 Å². The molecule has 0 saturated heterocycles. The molecule has 0 aliphatic heterocycles. The number of aromatic amines is 2. The zero-order valence-electron chi connectivity index (χ0n) is 12.5. The van der Waals surface area contributed by atoms with Gasteiger partial charge in [0.1, 0.15) is 12.1 Å². The van der Waals surface area contributed by atoms with E-state index in [2.05, 4.69) is 30.7 Å². The summed E-state index contributed by atoms with van der Waals surface area (Å²) in [5.41, 5.74) is 3.21. The van der Waals surface area contributed by atoms with Crippen LogP contribution in [0.15, 0.2) is 48.2 Å². The second-order valence-electron chi connectivity index (χ2n) is 5.13. The fourth-order valence-electron chi connectivity index (χ4n) is 2.43. The minimum absolute atomic E-state index is 0.347. The number of rotatable bonds is 5. The van der Waals surface area contributed by atoms with Gasteiger partial charge in [-0.15, -0.1) is 11.3 Å². The molecular formula is C16H13FN6S. The van der Waals surface area contributed by atoms with E-state index >= 15 is 0 Å². The van der Waals surface area contributed by atoms with E-state index < -0.39 is 0 Å². The molecular weight excluding hydrogens is 327 g/mol. The summed E-state index contributed by atoms with van der Waals surface area (Å²) >= 11 is 1.65. The van der Waals surface area contributed by atoms with Crippen LogP contribution in [0.2, 0.25) is 0 Å². The lowest BCUT2D eigenvalue weighted by molar-refractivity contribution is 0.630. The molecule has 8 heteroatoms. The van der Waals surface area contributed by atoms with Crippen molar-refractivity contribution in [3.8, 4) is 22.0 Å². The maximum absolute atomic E-state index is 14.0. The second kappa shape index (κ2) is 6.25. The van der Waals surface area contributed by atoms with Crippen LogP contribution in [-0.4, -0.2) is 25.4 Å².